The largest absolute Gasteiger partial charge is 0.330 e. The Morgan fingerprint density at radius 1 is 1.15 bits per heavy atom. The Balaban J connectivity index is 4.56. The van der Waals surface area contributed by atoms with Gasteiger partial charge in [0.15, 0.2) is 0 Å². The predicted molar refractivity (Wildman–Crippen MR) is 59.8 cm³/mol. The molecule has 0 aromatic carbocycles. The van der Waals surface area contributed by atoms with Crippen molar-refractivity contribution >= 4 is 0 Å². The standard InChI is InChI=1S/C11H26N2/c1-10(2,3)9(13-6)11(4,5)7-8-12/h9,13H,7-8,12H2,1-6H3. The van der Waals surface area contributed by atoms with Crippen molar-refractivity contribution in [3.8, 4) is 0 Å². The van der Waals surface area contributed by atoms with Crippen molar-refractivity contribution in [2.24, 2.45) is 16.6 Å². The highest BCUT2D eigenvalue weighted by Crippen LogP contribution is 2.35. The van der Waals surface area contributed by atoms with Crippen LogP contribution in [0.3, 0.4) is 0 Å². The van der Waals surface area contributed by atoms with Gasteiger partial charge < -0.3 is 11.1 Å². The van der Waals surface area contributed by atoms with E-state index in [1.165, 1.54) is 0 Å². The summed E-state index contributed by atoms with van der Waals surface area (Å²) < 4.78 is 0. The molecule has 0 spiro atoms. The molecule has 0 radical (unpaired) electrons. The summed E-state index contributed by atoms with van der Waals surface area (Å²) in [6, 6.07) is 0.503. The number of nitrogens with two attached hydrogens (primary N) is 1. The van der Waals surface area contributed by atoms with Gasteiger partial charge in [-0.25, -0.2) is 0 Å². The molecule has 80 valence electrons. The average molecular weight is 186 g/mol. The van der Waals surface area contributed by atoms with E-state index >= 15 is 0 Å². The van der Waals surface area contributed by atoms with E-state index in [0.717, 1.165) is 13.0 Å². The summed E-state index contributed by atoms with van der Waals surface area (Å²) in [7, 11) is 2.04. The third-order valence-electron chi connectivity index (χ3n) is 2.72. The van der Waals surface area contributed by atoms with E-state index in [1.54, 1.807) is 0 Å². The molecule has 0 saturated heterocycles. The lowest BCUT2D eigenvalue weighted by Gasteiger charge is -2.42. The van der Waals surface area contributed by atoms with Crippen molar-refractivity contribution < 1.29 is 0 Å². The molecule has 1 unspecified atom stereocenters. The minimum Gasteiger partial charge on any atom is -0.330 e. The first kappa shape index (κ1) is 12.9. The van der Waals surface area contributed by atoms with E-state index in [-0.39, 0.29) is 10.8 Å². The fraction of sp³-hybridized carbons (Fsp3) is 1.00. The third-order valence-corrected chi connectivity index (χ3v) is 2.72. The van der Waals surface area contributed by atoms with Gasteiger partial charge in [-0.05, 0) is 30.8 Å². The van der Waals surface area contributed by atoms with Gasteiger partial charge in [0.25, 0.3) is 0 Å². The summed E-state index contributed by atoms with van der Waals surface area (Å²) in [5.41, 5.74) is 6.17. The van der Waals surface area contributed by atoms with Crippen LogP contribution in [0.15, 0.2) is 0 Å². The summed E-state index contributed by atoms with van der Waals surface area (Å²) in [6.07, 6.45) is 1.07. The molecule has 2 nitrogen and oxygen atoms in total. The van der Waals surface area contributed by atoms with Crippen molar-refractivity contribution in [3.63, 3.8) is 0 Å². The lowest BCUT2D eigenvalue weighted by atomic mass is 9.69. The number of nitrogens with one attached hydrogen (secondary N) is 1. The zero-order chi connectivity index (χ0) is 10.7. The molecule has 0 amide bonds. The normalized spacial score (nSPS) is 15.9. The summed E-state index contributed by atoms with van der Waals surface area (Å²) in [6.45, 7) is 12.1. The highest BCUT2D eigenvalue weighted by atomic mass is 14.9. The topological polar surface area (TPSA) is 38.0 Å². The monoisotopic (exact) mass is 186 g/mol. The highest BCUT2D eigenvalue weighted by Gasteiger charge is 2.35. The van der Waals surface area contributed by atoms with Gasteiger partial charge in [-0.2, -0.15) is 0 Å². The van der Waals surface area contributed by atoms with E-state index in [9.17, 15) is 0 Å². The van der Waals surface area contributed by atoms with Gasteiger partial charge in [-0.1, -0.05) is 34.6 Å². The van der Waals surface area contributed by atoms with Crippen molar-refractivity contribution in [3.05, 3.63) is 0 Å². The Morgan fingerprint density at radius 2 is 1.62 bits per heavy atom. The number of hydrogen-bond acceptors (Lipinski definition) is 2. The van der Waals surface area contributed by atoms with Gasteiger partial charge in [0, 0.05) is 6.04 Å². The maximum absolute atomic E-state index is 5.62. The minimum atomic E-state index is 0.266. The van der Waals surface area contributed by atoms with Gasteiger partial charge in [-0.3, -0.25) is 0 Å². The summed E-state index contributed by atoms with van der Waals surface area (Å²) >= 11 is 0. The average Bonchev–Trinajstić information content (AvgIpc) is 1.83. The second kappa shape index (κ2) is 4.43. The molecule has 2 heteroatoms. The van der Waals surface area contributed by atoms with E-state index in [0.29, 0.717) is 6.04 Å². The Kier molecular flexibility index (Phi) is 4.40. The van der Waals surface area contributed by atoms with E-state index in [1.807, 2.05) is 7.05 Å². The van der Waals surface area contributed by atoms with Crippen molar-refractivity contribution in [2.75, 3.05) is 13.6 Å². The zero-order valence-corrected chi connectivity index (χ0v) is 10.1. The predicted octanol–water partition coefficient (Wildman–Crippen LogP) is 2.00. The van der Waals surface area contributed by atoms with Gasteiger partial charge in [0.1, 0.15) is 0 Å². The van der Waals surface area contributed by atoms with Crippen LogP contribution in [0.5, 0.6) is 0 Å². The van der Waals surface area contributed by atoms with Crippen molar-refractivity contribution in [1.82, 2.24) is 5.32 Å². The Hall–Kier alpha value is -0.0800. The lowest BCUT2D eigenvalue weighted by Crippen LogP contribution is -2.49. The lowest BCUT2D eigenvalue weighted by molar-refractivity contribution is 0.125. The number of hydrogen-bond donors (Lipinski definition) is 2. The van der Waals surface area contributed by atoms with Crippen molar-refractivity contribution in [2.45, 2.75) is 47.1 Å². The molecule has 0 aliphatic carbocycles. The zero-order valence-electron chi connectivity index (χ0n) is 10.1. The smallest absolute Gasteiger partial charge is 0.0164 e. The summed E-state index contributed by atoms with van der Waals surface area (Å²) in [4.78, 5) is 0. The molecule has 0 aromatic rings. The molecule has 0 aliphatic heterocycles. The first-order valence-electron chi connectivity index (χ1n) is 5.13. The molecule has 0 aromatic heterocycles. The fourth-order valence-corrected chi connectivity index (χ4v) is 2.51. The van der Waals surface area contributed by atoms with Crippen LogP contribution >= 0.6 is 0 Å². The minimum absolute atomic E-state index is 0.266. The SMILES string of the molecule is CNC(C(C)(C)C)C(C)(C)CCN. The van der Waals surface area contributed by atoms with Crippen LogP contribution in [0.4, 0.5) is 0 Å². The van der Waals surface area contributed by atoms with Crippen LogP contribution in [0, 0.1) is 10.8 Å². The van der Waals surface area contributed by atoms with E-state index in [4.69, 9.17) is 5.73 Å². The highest BCUT2D eigenvalue weighted by molar-refractivity contribution is 4.91. The molecule has 0 saturated carbocycles. The Bertz CT molecular complexity index is 145. The Morgan fingerprint density at radius 3 is 1.85 bits per heavy atom. The van der Waals surface area contributed by atoms with E-state index < -0.39 is 0 Å². The maximum atomic E-state index is 5.62. The van der Waals surface area contributed by atoms with Gasteiger partial charge in [-0.15, -0.1) is 0 Å². The van der Waals surface area contributed by atoms with Gasteiger partial charge in [0.2, 0.25) is 0 Å². The quantitative estimate of drug-likeness (QED) is 0.704. The van der Waals surface area contributed by atoms with Crippen LogP contribution in [0.2, 0.25) is 0 Å². The molecular formula is C11H26N2. The summed E-state index contributed by atoms with van der Waals surface area (Å²) in [5.74, 6) is 0. The first-order chi connectivity index (χ1) is 5.75. The van der Waals surface area contributed by atoms with Crippen molar-refractivity contribution in [1.29, 1.82) is 0 Å². The van der Waals surface area contributed by atoms with Crippen LogP contribution in [0.1, 0.15) is 41.0 Å². The molecule has 0 fully saturated rings. The van der Waals surface area contributed by atoms with E-state index in [2.05, 4.69) is 39.9 Å². The van der Waals surface area contributed by atoms with Crippen LogP contribution in [0.25, 0.3) is 0 Å². The molecule has 1 atom stereocenters. The summed E-state index contributed by atoms with van der Waals surface area (Å²) in [5, 5.41) is 3.41. The second-order valence-electron chi connectivity index (χ2n) is 5.61. The molecule has 0 bridgehead atoms. The Labute approximate surface area is 83.3 Å². The first-order valence-corrected chi connectivity index (χ1v) is 5.13. The molecule has 0 rings (SSSR count). The molecular weight excluding hydrogens is 160 g/mol. The van der Waals surface area contributed by atoms with Crippen LogP contribution < -0.4 is 11.1 Å². The second-order valence-corrected chi connectivity index (χ2v) is 5.61. The maximum Gasteiger partial charge on any atom is 0.0164 e. The molecule has 13 heavy (non-hydrogen) atoms. The number of rotatable bonds is 4. The fourth-order valence-electron chi connectivity index (χ4n) is 2.51. The van der Waals surface area contributed by atoms with Crippen LogP contribution in [-0.4, -0.2) is 19.6 Å². The van der Waals surface area contributed by atoms with Gasteiger partial charge in [0.05, 0.1) is 0 Å². The third kappa shape index (κ3) is 3.65. The molecule has 0 aliphatic rings. The van der Waals surface area contributed by atoms with Crippen LogP contribution in [-0.2, 0) is 0 Å². The molecule has 0 heterocycles. The van der Waals surface area contributed by atoms with Gasteiger partial charge >= 0.3 is 0 Å². The molecule has 3 N–H and O–H groups in total.